The standard InChI is InChI=1S/C6H13F2NO3S/c1-6(2,3-4-10)9-13(11,12)5(7)8/h5,9-10H,3-4H2,1-2H3. The Kier molecular flexibility index (Phi) is 4.21. The van der Waals surface area contributed by atoms with Crippen molar-refractivity contribution < 1.29 is 22.3 Å². The third kappa shape index (κ3) is 4.49. The zero-order chi connectivity index (χ0) is 10.7. The predicted octanol–water partition coefficient (Wildman–Crippen LogP) is 0.289. The summed E-state index contributed by atoms with van der Waals surface area (Å²) in [5, 5.41) is 8.52. The minimum atomic E-state index is -4.57. The summed E-state index contributed by atoms with van der Waals surface area (Å²) >= 11 is 0. The summed E-state index contributed by atoms with van der Waals surface area (Å²) < 4.78 is 46.9. The van der Waals surface area contributed by atoms with Gasteiger partial charge >= 0.3 is 5.76 Å². The highest BCUT2D eigenvalue weighted by atomic mass is 32.2. The number of sulfonamides is 1. The third-order valence-electron chi connectivity index (χ3n) is 1.39. The van der Waals surface area contributed by atoms with E-state index in [1.54, 1.807) is 4.72 Å². The number of aliphatic hydroxyl groups excluding tert-OH is 1. The van der Waals surface area contributed by atoms with Gasteiger partial charge in [0.15, 0.2) is 0 Å². The molecule has 0 aliphatic carbocycles. The van der Waals surface area contributed by atoms with Gasteiger partial charge in [0.1, 0.15) is 0 Å². The molecule has 0 saturated heterocycles. The molecule has 0 heterocycles. The van der Waals surface area contributed by atoms with Gasteiger partial charge in [-0.1, -0.05) is 0 Å². The Labute approximate surface area is 76.0 Å². The van der Waals surface area contributed by atoms with Gasteiger partial charge in [-0.3, -0.25) is 0 Å². The van der Waals surface area contributed by atoms with Crippen molar-refractivity contribution in [2.45, 2.75) is 31.6 Å². The van der Waals surface area contributed by atoms with Gasteiger partial charge in [0.2, 0.25) is 0 Å². The van der Waals surface area contributed by atoms with Crippen LogP contribution < -0.4 is 4.72 Å². The minimum absolute atomic E-state index is 0.0823. The maximum atomic E-state index is 11.9. The van der Waals surface area contributed by atoms with Crippen LogP contribution in [0.4, 0.5) is 8.78 Å². The number of alkyl halides is 2. The van der Waals surface area contributed by atoms with Crippen LogP contribution in [0.3, 0.4) is 0 Å². The van der Waals surface area contributed by atoms with Crippen LogP contribution in [0, 0.1) is 0 Å². The van der Waals surface area contributed by atoms with Crippen LogP contribution in [0.1, 0.15) is 20.3 Å². The Morgan fingerprint density at radius 2 is 1.92 bits per heavy atom. The van der Waals surface area contributed by atoms with E-state index in [4.69, 9.17) is 5.11 Å². The molecular formula is C6H13F2NO3S. The van der Waals surface area contributed by atoms with E-state index in [0.717, 1.165) is 0 Å². The summed E-state index contributed by atoms with van der Waals surface area (Å²) in [5.74, 6) is -3.44. The van der Waals surface area contributed by atoms with Crippen LogP contribution in [0.15, 0.2) is 0 Å². The summed E-state index contributed by atoms with van der Waals surface area (Å²) in [7, 11) is -4.57. The van der Waals surface area contributed by atoms with E-state index >= 15 is 0 Å². The van der Waals surface area contributed by atoms with E-state index in [9.17, 15) is 17.2 Å². The molecule has 0 radical (unpaired) electrons. The van der Waals surface area contributed by atoms with Crippen molar-refractivity contribution in [3.05, 3.63) is 0 Å². The maximum absolute atomic E-state index is 11.9. The average Bonchev–Trinajstić information content (AvgIpc) is 1.83. The molecule has 0 rings (SSSR count). The van der Waals surface area contributed by atoms with Crippen LogP contribution in [0.25, 0.3) is 0 Å². The summed E-state index contributed by atoms with van der Waals surface area (Å²) in [6.07, 6.45) is 0.0823. The van der Waals surface area contributed by atoms with E-state index in [2.05, 4.69) is 0 Å². The first-order chi connectivity index (χ1) is 5.71. The lowest BCUT2D eigenvalue weighted by atomic mass is 10.0. The van der Waals surface area contributed by atoms with Crippen LogP contribution in [-0.4, -0.2) is 31.4 Å². The molecule has 0 aromatic heterocycles. The van der Waals surface area contributed by atoms with E-state index in [1.807, 2.05) is 0 Å². The Bertz CT molecular complexity index is 251. The molecule has 0 spiro atoms. The normalized spacial score (nSPS) is 13.7. The fourth-order valence-corrected chi connectivity index (χ4v) is 1.72. The van der Waals surface area contributed by atoms with Crippen molar-refractivity contribution in [1.29, 1.82) is 0 Å². The summed E-state index contributed by atoms with van der Waals surface area (Å²) in [4.78, 5) is 0. The second-order valence-corrected chi connectivity index (χ2v) is 4.92. The highest BCUT2D eigenvalue weighted by Gasteiger charge is 2.31. The predicted molar refractivity (Wildman–Crippen MR) is 43.8 cm³/mol. The number of rotatable bonds is 5. The van der Waals surface area contributed by atoms with Crippen molar-refractivity contribution in [1.82, 2.24) is 4.72 Å². The zero-order valence-electron chi connectivity index (χ0n) is 7.42. The van der Waals surface area contributed by atoms with Crippen molar-refractivity contribution in [2.75, 3.05) is 6.61 Å². The molecule has 2 N–H and O–H groups in total. The second kappa shape index (κ2) is 4.30. The van der Waals surface area contributed by atoms with Crippen molar-refractivity contribution in [3.8, 4) is 0 Å². The Hall–Kier alpha value is -0.270. The highest BCUT2D eigenvalue weighted by Crippen LogP contribution is 2.12. The smallest absolute Gasteiger partial charge is 0.350 e. The van der Waals surface area contributed by atoms with Gasteiger partial charge in [-0.2, -0.15) is 8.78 Å². The zero-order valence-corrected chi connectivity index (χ0v) is 8.24. The van der Waals surface area contributed by atoms with Crippen molar-refractivity contribution in [2.24, 2.45) is 0 Å². The lowest BCUT2D eigenvalue weighted by Crippen LogP contribution is -2.46. The van der Waals surface area contributed by atoms with E-state index in [-0.39, 0.29) is 13.0 Å². The number of hydrogen-bond acceptors (Lipinski definition) is 3. The third-order valence-corrected chi connectivity index (χ3v) is 2.70. The number of hydrogen-bond donors (Lipinski definition) is 2. The topological polar surface area (TPSA) is 66.4 Å². The van der Waals surface area contributed by atoms with Crippen LogP contribution in [0.5, 0.6) is 0 Å². The Morgan fingerprint density at radius 3 is 2.23 bits per heavy atom. The summed E-state index contributed by atoms with van der Waals surface area (Å²) in [6, 6.07) is 0. The summed E-state index contributed by atoms with van der Waals surface area (Å²) in [6.45, 7) is 2.57. The van der Waals surface area contributed by atoms with Crippen molar-refractivity contribution in [3.63, 3.8) is 0 Å². The van der Waals surface area contributed by atoms with Crippen LogP contribution in [0.2, 0.25) is 0 Å². The maximum Gasteiger partial charge on any atom is 0.350 e. The van der Waals surface area contributed by atoms with E-state index in [0.29, 0.717) is 0 Å². The van der Waals surface area contributed by atoms with Crippen molar-refractivity contribution >= 4 is 10.0 Å². The molecule has 0 aliphatic heterocycles. The Morgan fingerprint density at radius 1 is 1.46 bits per heavy atom. The molecule has 7 heteroatoms. The monoisotopic (exact) mass is 217 g/mol. The van der Waals surface area contributed by atoms with Gasteiger partial charge < -0.3 is 5.11 Å². The van der Waals surface area contributed by atoms with Gasteiger partial charge in [0.05, 0.1) is 0 Å². The molecule has 0 unspecified atom stereocenters. The van der Waals surface area contributed by atoms with Gasteiger partial charge in [-0.15, -0.1) is 0 Å². The minimum Gasteiger partial charge on any atom is -0.396 e. The molecular weight excluding hydrogens is 204 g/mol. The van der Waals surface area contributed by atoms with Gasteiger partial charge in [-0.25, -0.2) is 13.1 Å². The molecule has 0 fully saturated rings. The second-order valence-electron chi connectivity index (χ2n) is 3.27. The molecule has 0 saturated carbocycles. The Balaban J connectivity index is 4.43. The van der Waals surface area contributed by atoms with Crippen LogP contribution >= 0.6 is 0 Å². The molecule has 0 aromatic carbocycles. The lowest BCUT2D eigenvalue weighted by molar-refractivity contribution is 0.219. The lowest BCUT2D eigenvalue weighted by Gasteiger charge is -2.24. The first-order valence-corrected chi connectivity index (χ1v) is 5.18. The number of aliphatic hydroxyl groups is 1. The molecule has 0 bridgehead atoms. The van der Waals surface area contributed by atoms with Crippen LogP contribution in [-0.2, 0) is 10.0 Å². The quantitative estimate of drug-likeness (QED) is 0.695. The fourth-order valence-electron chi connectivity index (χ4n) is 0.760. The fraction of sp³-hybridized carbons (Fsp3) is 1.00. The van der Waals surface area contributed by atoms with Gasteiger partial charge in [0.25, 0.3) is 10.0 Å². The largest absolute Gasteiger partial charge is 0.396 e. The first kappa shape index (κ1) is 12.7. The van der Waals surface area contributed by atoms with E-state index in [1.165, 1.54) is 13.8 Å². The average molecular weight is 217 g/mol. The molecule has 0 atom stereocenters. The summed E-state index contributed by atoms with van der Waals surface area (Å²) in [5.41, 5.74) is -1.05. The molecule has 80 valence electrons. The van der Waals surface area contributed by atoms with Gasteiger partial charge in [0, 0.05) is 12.1 Å². The molecule has 0 aromatic rings. The number of nitrogens with one attached hydrogen (secondary N) is 1. The SMILES string of the molecule is CC(C)(CCO)NS(=O)(=O)C(F)F. The molecule has 0 aliphatic rings. The molecule has 0 amide bonds. The molecule has 13 heavy (non-hydrogen) atoms. The highest BCUT2D eigenvalue weighted by molar-refractivity contribution is 7.89. The van der Waals surface area contributed by atoms with E-state index < -0.39 is 21.3 Å². The first-order valence-electron chi connectivity index (χ1n) is 3.63. The van der Waals surface area contributed by atoms with Gasteiger partial charge in [-0.05, 0) is 20.3 Å². The molecule has 4 nitrogen and oxygen atoms in total. The number of halogens is 2.